The third-order valence-electron chi connectivity index (χ3n) is 1.53. The Morgan fingerprint density at radius 2 is 1.94 bits per heavy atom. The molecule has 1 rings (SSSR count). The lowest BCUT2D eigenvalue weighted by molar-refractivity contribution is -0.141. The van der Waals surface area contributed by atoms with Crippen molar-refractivity contribution in [1.29, 1.82) is 0 Å². The van der Waals surface area contributed by atoms with Gasteiger partial charge in [-0.3, -0.25) is 15.4 Å². The highest BCUT2D eigenvalue weighted by molar-refractivity contribution is 6.02. The van der Waals surface area contributed by atoms with Gasteiger partial charge in [-0.25, -0.2) is 9.78 Å². The number of imide groups is 1. The van der Waals surface area contributed by atoms with Gasteiger partial charge in [0, 0.05) is 6.92 Å². The minimum Gasteiger partial charge on any atom is -0.292 e. The Morgan fingerprint density at radius 3 is 2.47 bits per heavy atom. The van der Waals surface area contributed by atoms with Crippen LogP contribution in [0.1, 0.15) is 5.69 Å². The molecule has 2 N–H and O–H groups in total. The second-order valence-corrected chi connectivity index (χ2v) is 2.91. The molecule has 1 radical (unpaired) electrons. The minimum absolute atomic E-state index is 0.321. The van der Waals surface area contributed by atoms with E-state index in [1.165, 1.54) is 0 Å². The van der Waals surface area contributed by atoms with Crippen molar-refractivity contribution in [3.63, 3.8) is 0 Å². The van der Waals surface area contributed by atoms with E-state index in [2.05, 4.69) is 11.9 Å². The van der Waals surface area contributed by atoms with Crippen LogP contribution >= 0.6 is 0 Å². The molecule has 91 valence electrons. The number of hydrogen-bond donors (Lipinski definition) is 2. The van der Waals surface area contributed by atoms with Gasteiger partial charge in [0.05, 0.1) is 0 Å². The number of nitrogens with one attached hydrogen (secondary N) is 2. The first-order valence-electron chi connectivity index (χ1n) is 4.27. The second kappa shape index (κ2) is 4.81. The molecule has 0 unspecified atom stereocenters. The van der Waals surface area contributed by atoms with Gasteiger partial charge in [0.15, 0.2) is 0 Å². The Morgan fingerprint density at radius 1 is 1.29 bits per heavy atom. The number of carbonyl (C=O) groups is 2. The van der Waals surface area contributed by atoms with Crippen molar-refractivity contribution < 1.29 is 22.8 Å². The topological polar surface area (TPSA) is 71.1 Å². The molecule has 17 heavy (non-hydrogen) atoms. The maximum absolute atomic E-state index is 12.3. The third-order valence-corrected chi connectivity index (χ3v) is 1.53. The summed E-state index contributed by atoms with van der Waals surface area (Å²) in [5, 5.41) is 3.69. The normalized spacial score (nSPS) is 10.8. The Bertz CT molecular complexity index is 445. The Labute approximate surface area is 94.0 Å². The number of rotatable bonds is 1. The smallest absolute Gasteiger partial charge is 0.292 e. The van der Waals surface area contributed by atoms with E-state index in [-0.39, 0.29) is 5.82 Å². The van der Waals surface area contributed by atoms with E-state index in [0.29, 0.717) is 0 Å². The second-order valence-electron chi connectivity index (χ2n) is 2.91. The van der Waals surface area contributed by atoms with Gasteiger partial charge >= 0.3 is 12.2 Å². The number of amides is 3. The molecule has 8 heteroatoms. The van der Waals surface area contributed by atoms with Crippen molar-refractivity contribution in [3.05, 3.63) is 30.8 Å². The van der Waals surface area contributed by atoms with Crippen molar-refractivity contribution in [1.82, 2.24) is 10.3 Å². The zero-order valence-corrected chi connectivity index (χ0v) is 8.34. The molecule has 0 aliphatic carbocycles. The van der Waals surface area contributed by atoms with Crippen molar-refractivity contribution >= 4 is 17.8 Å². The number of pyridine rings is 1. The molecular weight excluding hydrogens is 239 g/mol. The Hall–Kier alpha value is -2.12. The molecule has 1 aromatic rings. The van der Waals surface area contributed by atoms with Crippen LogP contribution in [0.4, 0.5) is 23.8 Å². The average molecular weight is 246 g/mol. The van der Waals surface area contributed by atoms with Crippen LogP contribution in [-0.2, 0) is 11.0 Å². The van der Waals surface area contributed by atoms with Crippen molar-refractivity contribution in [2.45, 2.75) is 6.18 Å². The van der Waals surface area contributed by atoms with Gasteiger partial charge in [0.2, 0.25) is 5.91 Å². The summed E-state index contributed by atoms with van der Waals surface area (Å²) in [7, 11) is 0. The van der Waals surface area contributed by atoms with Gasteiger partial charge in [0.25, 0.3) is 0 Å². The van der Waals surface area contributed by atoms with Crippen LogP contribution in [0.25, 0.3) is 0 Å². The summed E-state index contributed by atoms with van der Waals surface area (Å²) in [6.45, 7) is 2.87. The fourth-order valence-corrected chi connectivity index (χ4v) is 0.936. The van der Waals surface area contributed by atoms with Gasteiger partial charge in [-0.1, -0.05) is 6.07 Å². The summed E-state index contributed by atoms with van der Waals surface area (Å²) in [4.78, 5) is 24.5. The van der Waals surface area contributed by atoms with E-state index in [1.54, 1.807) is 5.32 Å². The number of nitrogens with zero attached hydrogens (tertiary/aromatic N) is 1. The highest BCUT2D eigenvalue weighted by Crippen LogP contribution is 2.27. The minimum atomic E-state index is -4.60. The van der Waals surface area contributed by atoms with Gasteiger partial charge in [0.1, 0.15) is 11.5 Å². The van der Waals surface area contributed by atoms with Crippen LogP contribution in [0.15, 0.2) is 18.2 Å². The van der Waals surface area contributed by atoms with E-state index in [1.807, 2.05) is 5.32 Å². The molecule has 0 fully saturated rings. The molecule has 0 spiro atoms. The van der Waals surface area contributed by atoms with Crippen LogP contribution in [0.2, 0.25) is 0 Å². The lowest BCUT2D eigenvalue weighted by atomic mass is 10.3. The molecular formula is C9H7F3N3O2. The summed E-state index contributed by atoms with van der Waals surface area (Å²) in [5.74, 6) is -1.20. The number of carbonyl (C=O) groups excluding carboxylic acids is 2. The molecule has 0 aromatic carbocycles. The average Bonchev–Trinajstić information content (AvgIpc) is 2.15. The summed E-state index contributed by atoms with van der Waals surface area (Å²) >= 11 is 0. The Kier molecular flexibility index (Phi) is 3.66. The Balaban J connectivity index is 2.79. The molecule has 0 saturated carbocycles. The first-order chi connectivity index (χ1) is 7.79. The fraction of sp³-hybridized carbons (Fsp3) is 0.111. The molecule has 0 aliphatic heterocycles. The highest BCUT2D eigenvalue weighted by atomic mass is 19.4. The molecule has 1 aromatic heterocycles. The third kappa shape index (κ3) is 4.09. The van der Waals surface area contributed by atoms with Gasteiger partial charge in [-0.05, 0) is 12.1 Å². The van der Waals surface area contributed by atoms with Crippen molar-refractivity contribution in [2.75, 3.05) is 5.32 Å². The van der Waals surface area contributed by atoms with E-state index in [0.717, 1.165) is 18.2 Å². The largest absolute Gasteiger partial charge is 0.433 e. The lowest BCUT2D eigenvalue weighted by Gasteiger charge is -2.08. The maximum Gasteiger partial charge on any atom is 0.433 e. The zero-order valence-electron chi connectivity index (χ0n) is 8.34. The van der Waals surface area contributed by atoms with Gasteiger partial charge in [-0.2, -0.15) is 13.2 Å². The first kappa shape index (κ1) is 12.9. The number of urea groups is 1. The predicted octanol–water partition coefficient (Wildman–Crippen LogP) is 1.58. The summed E-state index contributed by atoms with van der Waals surface area (Å²) in [5.41, 5.74) is -1.14. The highest BCUT2D eigenvalue weighted by Gasteiger charge is 2.32. The van der Waals surface area contributed by atoms with E-state index < -0.39 is 23.8 Å². The summed E-state index contributed by atoms with van der Waals surface area (Å²) in [6.07, 6.45) is -4.60. The van der Waals surface area contributed by atoms with Crippen molar-refractivity contribution in [3.8, 4) is 0 Å². The molecule has 0 saturated heterocycles. The van der Waals surface area contributed by atoms with E-state index >= 15 is 0 Å². The van der Waals surface area contributed by atoms with Gasteiger partial charge < -0.3 is 0 Å². The van der Waals surface area contributed by atoms with Crippen LogP contribution in [-0.4, -0.2) is 16.9 Å². The molecule has 5 nitrogen and oxygen atoms in total. The number of aromatic nitrogens is 1. The SMILES string of the molecule is [CH2]C(=O)NC(=O)Nc1cccc(C(F)(F)F)n1. The predicted molar refractivity (Wildman–Crippen MR) is 51.8 cm³/mol. The molecule has 3 amide bonds. The summed E-state index contributed by atoms with van der Waals surface area (Å²) in [6, 6.07) is 1.99. The number of halogens is 3. The standard InChI is InChI=1S/C9H7F3N3O2/c1-5(16)13-8(17)15-7-4-2-3-6(14-7)9(10,11)12/h2-4H,1H2,(H2,13,14,15,16,17). The quantitative estimate of drug-likeness (QED) is 0.790. The molecule has 1 heterocycles. The first-order valence-corrected chi connectivity index (χ1v) is 4.27. The lowest BCUT2D eigenvalue weighted by Crippen LogP contribution is -2.33. The molecule has 0 aliphatic rings. The van der Waals surface area contributed by atoms with Crippen LogP contribution in [0.3, 0.4) is 0 Å². The fourth-order valence-electron chi connectivity index (χ4n) is 0.936. The van der Waals surface area contributed by atoms with Crippen LogP contribution < -0.4 is 10.6 Å². The zero-order chi connectivity index (χ0) is 13.1. The van der Waals surface area contributed by atoms with E-state index in [4.69, 9.17) is 0 Å². The van der Waals surface area contributed by atoms with Gasteiger partial charge in [-0.15, -0.1) is 0 Å². The maximum atomic E-state index is 12.3. The monoisotopic (exact) mass is 246 g/mol. The molecule has 0 bridgehead atoms. The number of hydrogen-bond acceptors (Lipinski definition) is 3. The van der Waals surface area contributed by atoms with E-state index in [9.17, 15) is 22.8 Å². The van der Waals surface area contributed by atoms with Crippen molar-refractivity contribution in [2.24, 2.45) is 0 Å². The number of anilines is 1. The van der Waals surface area contributed by atoms with Crippen LogP contribution in [0.5, 0.6) is 0 Å². The summed E-state index contributed by atoms with van der Waals surface area (Å²) < 4.78 is 36.8. The number of alkyl halides is 3. The molecule has 0 atom stereocenters. The van der Waals surface area contributed by atoms with Crippen LogP contribution in [0, 0.1) is 6.92 Å².